The Morgan fingerprint density at radius 1 is 0.298 bits per heavy atom. The average molecular weight is 1860 g/mol. The first kappa shape index (κ1) is 118. The Bertz CT molecular complexity index is 3140. The van der Waals surface area contributed by atoms with Crippen LogP contribution in [0.5, 0.6) is 0 Å². The fraction of sp³-hybridized carbons (Fsp3) is 0.805. The molecule has 0 saturated carbocycles. The molecular formula is C87H174N34O10. The van der Waals surface area contributed by atoms with Gasteiger partial charge in [0, 0.05) is 157 Å². The van der Waals surface area contributed by atoms with E-state index in [0.29, 0.717) is 174 Å². The lowest BCUT2D eigenvalue weighted by atomic mass is 10.1. The second kappa shape index (κ2) is 78.9. The van der Waals surface area contributed by atoms with Crippen molar-refractivity contribution in [3.63, 3.8) is 0 Å². The molecule has 0 radical (unpaired) electrons. The zero-order valence-corrected chi connectivity index (χ0v) is 80.4. The summed E-state index contributed by atoms with van der Waals surface area (Å²) in [7, 11) is 1.92. The number of guanidine groups is 7. The van der Waals surface area contributed by atoms with Gasteiger partial charge in [0.2, 0.25) is 17.8 Å². The highest BCUT2D eigenvalue weighted by Gasteiger charge is 2.26. The molecule has 131 heavy (non-hydrogen) atoms. The first-order valence-corrected chi connectivity index (χ1v) is 48.0. The lowest BCUT2D eigenvalue weighted by Gasteiger charge is -2.35. The predicted octanol–water partition coefficient (Wildman–Crippen LogP) is 5.01. The monoisotopic (exact) mass is 1860 g/mol. The summed E-state index contributed by atoms with van der Waals surface area (Å²) in [6, 6.07) is 0. The number of aryl methyl sites for hydroxylation is 1. The second-order valence-electron chi connectivity index (χ2n) is 33.1. The maximum absolute atomic E-state index is 13.8. The number of ether oxygens (including phenoxy) is 4. The Kier molecular flexibility index (Phi) is 71.2. The van der Waals surface area contributed by atoms with Gasteiger partial charge in [-0.25, -0.2) is 19.2 Å². The van der Waals surface area contributed by atoms with E-state index >= 15 is 0 Å². The van der Waals surface area contributed by atoms with Gasteiger partial charge in [-0.05, 0) is 143 Å². The zero-order chi connectivity index (χ0) is 96.7. The third-order valence-corrected chi connectivity index (χ3v) is 21.3. The smallest absolute Gasteiger partial charge is 0.409 e. The van der Waals surface area contributed by atoms with Gasteiger partial charge < -0.3 is 144 Å². The predicted molar refractivity (Wildman–Crippen MR) is 528 cm³/mol. The average Bonchev–Trinajstić information content (AvgIpc) is 0.819. The largest absolute Gasteiger partial charge is 0.448 e. The summed E-state index contributed by atoms with van der Waals surface area (Å²) in [5.74, 6) is 2.83. The van der Waals surface area contributed by atoms with Gasteiger partial charge in [-0.2, -0.15) is 15.0 Å². The molecule has 1 saturated heterocycles. The van der Waals surface area contributed by atoms with E-state index in [2.05, 4.69) is 39.9 Å². The molecule has 0 aliphatic carbocycles. The fourth-order valence-corrected chi connectivity index (χ4v) is 13.9. The number of amides is 5. The number of hydrogen-bond acceptors (Lipinski definition) is 24. The van der Waals surface area contributed by atoms with Crippen LogP contribution in [0, 0.1) is 6.92 Å². The van der Waals surface area contributed by atoms with E-state index < -0.39 is 12.2 Å². The van der Waals surface area contributed by atoms with Crippen LogP contribution in [0.25, 0.3) is 0 Å². The van der Waals surface area contributed by atoms with Gasteiger partial charge >= 0.3 is 24.4 Å². The first-order chi connectivity index (χ1) is 63.0. The van der Waals surface area contributed by atoms with E-state index in [1.807, 2.05) is 31.5 Å². The minimum atomic E-state index is -0.423. The highest BCUT2D eigenvalue weighted by Crippen LogP contribution is 2.20. The van der Waals surface area contributed by atoms with Gasteiger partial charge in [-0.3, -0.25) is 49.6 Å². The number of unbranched alkanes of at least 4 members (excludes halogenated alkanes) is 27. The highest BCUT2D eigenvalue weighted by atomic mass is 16.6. The molecule has 0 spiro atoms. The molecule has 0 unspecified atom stereocenters. The molecular weight excluding hydrogens is 1680 g/mol. The van der Waals surface area contributed by atoms with Crippen molar-refractivity contribution in [1.29, 1.82) is 0 Å². The van der Waals surface area contributed by atoms with Crippen LogP contribution >= 0.6 is 0 Å². The van der Waals surface area contributed by atoms with Gasteiger partial charge in [0.25, 0.3) is 0 Å². The SMILES string of the molecule is CC(=O)CCCCCCC(=O)N1CCN(c2nc(C)nc(N(CCOC(=O)N(CCCCCCN=C(N)N)CCCCCCN=C(N)N)CCOC(=O)N(CCCCCCN=C(N)N)CCCCCCN=C(N)N)n2)CC1.CC(N)=NCCCCCCN(CCCCCCN=C(N)N)C(=O)OCCN(C)CCOC(=O)N(CCCCCCN=C(N)N)CCCCCCN=C(N)N. The number of nitrogens with zero attached hydrogens (tertiary/aromatic N) is 19. The number of nitrogens with two attached hydrogens (primary N) is 15. The number of aliphatic imine (C=N–C) groups is 8. The third kappa shape index (κ3) is 70.6. The zero-order valence-electron chi connectivity index (χ0n) is 80.4. The van der Waals surface area contributed by atoms with Crippen LogP contribution in [0.1, 0.15) is 264 Å². The standard InChI is InChI=1S/C51H98N20O6.C36H76N14O4/c1-41(72)23-13-3-4-14-24-43(73)67-33-35-68(36-34-67)48-64-42(2)65-49(66-48)69(37-39-76-50(74)70(29-19-9-5-15-25-60-44(52)53)30-20-10-6-16-26-61-45(54)55)38-40-77-51(75)71(31-21-11-7-17-27-62-46(56)57)32-22-12-8-18-28-63-47(58)59;1-31(37)44-19-11-3-7-15-23-49(24-16-8-4-12-20-45-32(38)39)35(51)53-29-27-48(2)28-30-54-36(52)50(25-17-9-5-13-21-46-33(40)41)26-18-10-6-14-22-47-34(42)43/h3-40H2,1-2H3,(H4,52,53,60)(H4,54,55,61)(H4,56,57,62)(H4,58,59,63);3-30H2,1-2H3,(H2,37,44)(H4,38,39,45)(H4,40,41,46)(H4,42,43,47). The summed E-state index contributed by atoms with van der Waals surface area (Å²) in [4.78, 5) is 140. The Labute approximate surface area is 781 Å². The topological polar surface area (TPSA) is 693 Å². The highest BCUT2D eigenvalue weighted by molar-refractivity contribution is 5.79. The van der Waals surface area contributed by atoms with Crippen LogP contribution in [-0.4, -0.2) is 319 Å². The molecule has 2 heterocycles. The van der Waals surface area contributed by atoms with Crippen molar-refractivity contribution in [3.8, 4) is 0 Å². The molecule has 0 aromatic carbocycles. The maximum Gasteiger partial charge on any atom is 0.409 e. The summed E-state index contributed by atoms with van der Waals surface area (Å²) >= 11 is 0. The molecule has 0 atom stereocenters. The van der Waals surface area contributed by atoms with Gasteiger partial charge in [0.15, 0.2) is 41.7 Å². The number of carbonyl (C=O) groups is 6. The molecule has 30 N–H and O–H groups in total. The summed E-state index contributed by atoms with van der Waals surface area (Å²) in [6.45, 7) is 18.7. The quantitative estimate of drug-likeness (QED) is 0.0176. The summed E-state index contributed by atoms with van der Waals surface area (Å²) in [6.07, 6.45) is 31.9. The molecule has 0 bridgehead atoms. The number of amidine groups is 1. The van der Waals surface area contributed by atoms with Gasteiger partial charge in [0.05, 0.1) is 18.9 Å². The van der Waals surface area contributed by atoms with Crippen LogP contribution in [0.3, 0.4) is 0 Å². The van der Waals surface area contributed by atoms with Crippen LogP contribution < -0.4 is 95.8 Å². The molecule has 44 heteroatoms. The molecule has 752 valence electrons. The lowest BCUT2D eigenvalue weighted by molar-refractivity contribution is -0.131. The van der Waals surface area contributed by atoms with Crippen LogP contribution in [0.15, 0.2) is 39.9 Å². The van der Waals surface area contributed by atoms with E-state index in [9.17, 15) is 28.8 Å². The second-order valence-corrected chi connectivity index (χ2v) is 33.1. The molecule has 1 aliphatic heterocycles. The van der Waals surface area contributed by atoms with E-state index in [1.165, 1.54) is 0 Å². The summed E-state index contributed by atoms with van der Waals surface area (Å²) < 4.78 is 23.3. The van der Waals surface area contributed by atoms with E-state index in [1.54, 1.807) is 35.5 Å². The Morgan fingerprint density at radius 2 is 0.542 bits per heavy atom. The number of piperazine rings is 1. The molecule has 1 aromatic heterocycles. The molecule has 5 amide bonds. The lowest BCUT2D eigenvalue weighted by Crippen LogP contribution is -2.49. The van der Waals surface area contributed by atoms with Crippen molar-refractivity contribution in [3.05, 3.63) is 5.82 Å². The number of rotatable bonds is 77. The summed E-state index contributed by atoms with van der Waals surface area (Å²) in [5, 5.41) is 0. The van der Waals surface area contributed by atoms with E-state index in [0.717, 1.165) is 238 Å². The van der Waals surface area contributed by atoms with Crippen molar-refractivity contribution in [1.82, 2.24) is 44.4 Å². The maximum atomic E-state index is 13.8. The van der Waals surface area contributed by atoms with Crippen LogP contribution in [0.4, 0.5) is 31.1 Å². The van der Waals surface area contributed by atoms with Gasteiger partial charge in [-0.15, -0.1) is 0 Å². The third-order valence-electron chi connectivity index (χ3n) is 21.3. The number of ketones is 1. The Morgan fingerprint density at radius 3 is 0.802 bits per heavy atom. The number of Topliss-reactive ketones (excluding diaryl/α,β-unsaturated/α-hetero) is 1. The Balaban J connectivity index is 0.00000140. The van der Waals surface area contributed by atoms with Gasteiger partial charge in [0.1, 0.15) is 38.0 Å². The normalized spacial score (nSPS) is 11.7. The van der Waals surface area contributed by atoms with Gasteiger partial charge in [-0.1, -0.05) is 116 Å². The van der Waals surface area contributed by atoms with Crippen molar-refractivity contribution < 1.29 is 47.7 Å². The van der Waals surface area contributed by atoms with E-state index in [4.69, 9.17) is 120 Å². The van der Waals surface area contributed by atoms with Crippen LogP contribution in [-0.2, 0) is 28.5 Å². The van der Waals surface area contributed by atoms with Crippen molar-refractivity contribution in [2.45, 2.75) is 265 Å². The molecule has 1 aliphatic rings. The molecule has 44 nitrogen and oxygen atoms in total. The van der Waals surface area contributed by atoms with Crippen molar-refractivity contribution in [2.75, 3.05) is 200 Å². The summed E-state index contributed by atoms with van der Waals surface area (Å²) in [5.41, 5.74) is 81.8. The number of anilines is 2. The van der Waals surface area contributed by atoms with E-state index in [-0.39, 0.29) is 105 Å². The minimum absolute atomic E-state index is 0.0103. The molecule has 2 rings (SSSR count). The number of aromatic nitrogens is 3. The number of carbonyl (C=O) groups excluding carboxylic acids is 6. The van der Waals surface area contributed by atoms with Crippen molar-refractivity contribution >= 4 is 95.5 Å². The first-order valence-electron chi connectivity index (χ1n) is 48.0. The van der Waals surface area contributed by atoms with Crippen molar-refractivity contribution in [2.24, 2.45) is 126 Å². The number of hydrogen-bond donors (Lipinski definition) is 15. The fourth-order valence-electron chi connectivity index (χ4n) is 13.9. The minimum Gasteiger partial charge on any atom is -0.448 e. The molecule has 1 fully saturated rings. The number of likely N-dealkylation sites (N-methyl/N-ethyl adjacent to an activating group) is 1. The molecule has 1 aromatic rings. The van der Waals surface area contributed by atoms with Crippen LogP contribution in [0.2, 0.25) is 0 Å². The Hall–Kier alpha value is -10.8.